The quantitative estimate of drug-likeness (QED) is 0.572. The molecular weight excluding hydrogens is 193 g/mol. The van der Waals surface area contributed by atoms with Gasteiger partial charge in [-0.05, 0) is 0 Å². The van der Waals surface area contributed by atoms with Gasteiger partial charge in [0.15, 0.2) is 0 Å². The van der Waals surface area contributed by atoms with Crippen molar-refractivity contribution in [2.75, 3.05) is 0 Å². The van der Waals surface area contributed by atoms with E-state index < -0.39 is 0 Å². The monoisotopic (exact) mass is 200 g/mol. The summed E-state index contributed by atoms with van der Waals surface area (Å²) in [7, 11) is 0. The van der Waals surface area contributed by atoms with Crippen molar-refractivity contribution < 1.29 is 17.1 Å². The molecule has 0 atom stereocenters. The normalized spacial score (nSPS) is 18.2. The molecule has 0 radical (unpaired) electrons. The molecule has 0 aromatic rings. The van der Waals surface area contributed by atoms with Crippen LogP contribution in [-0.2, 0) is 17.1 Å². The van der Waals surface area contributed by atoms with Crippen molar-refractivity contribution in [1.29, 1.82) is 0 Å². The van der Waals surface area contributed by atoms with E-state index in [1.54, 1.807) is 12.8 Å². The summed E-state index contributed by atoms with van der Waals surface area (Å²) in [6.07, 6.45) is 3.19. The van der Waals surface area contributed by atoms with Crippen LogP contribution < -0.4 is 0 Å². The van der Waals surface area contributed by atoms with Crippen LogP contribution >= 0.6 is 17.0 Å². The zero-order valence-electron chi connectivity index (χ0n) is 4.11. The fourth-order valence-electron chi connectivity index (χ4n) is 0.526. The molecule has 34 valence electrons. The van der Waals surface area contributed by atoms with Gasteiger partial charge in [0.25, 0.3) is 0 Å². The average molecular weight is 202 g/mol. The summed E-state index contributed by atoms with van der Waals surface area (Å²) in [5.74, 6) is 0. The van der Waals surface area contributed by atoms with Crippen LogP contribution in [0.5, 0.6) is 0 Å². The van der Waals surface area contributed by atoms with Gasteiger partial charge in [0, 0.05) is 0 Å². The van der Waals surface area contributed by atoms with Crippen molar-refractivity contribution in [3.05, 3.63) is 0 Å². The predicted molar refractivity (Wildman–Crippen MR) is 29.2 cm³/mol. The van der Waals surface area contributed by atoms with Gasteiger partial charge in [-0.25, -0.2) is 0 Å². The first-order valence-corrected chi connectivity index (χ1v) is 7.11. The van der Waals surface area contributed by atoms with Crippen LogP contribution in [0.4, 0.5) is 0 Å². The molecule has 0 aromatic heterocycles. The maximum absolute atomic E-state index is 2.45. The third-order valence-corrected chi connectivity index (χ3v) is 5.41. The molecule has 0 amide bonds. The Morgan fingerprint density at radius 1 is 1.50 bits per heavy atom. The van der Waals surface area contributed by atoms with Gasteiger partial charge in [-0.15, -0.1) is 17.0 Å². The SMILES string of the molecule is Br.[CH3][Zn][CH]1CC1. The Morgan fingerprint density at radius 3 is 2.00 bits per heavy atom. The fraction of sp³-hybridized carbons (Fsp3) is 1.00. The number of hydrogen-bond acceptors (Lipinski definition) is 0. The summed E-state index contributed by atoms with van der Waals surface area (Å²) in [6, 6.07) is 0. The van der Waals surface area contributed by atoms with Crippen LogP contribution in [-0.4, -0.2) is 0 Å². The first kappa shape index (κ1) is 7.10. The van der Waals surface area contributed by atoms with Crippen LogP contribution in [0.2, 0.25) is 10.0 Å². The summed E-state index contributed by atoms with van der Waals surface area (Å²) in [5.41, 5.74) is 2.45. The second-order valence-corrected chi connectivity index (χ2v) is 5.99. The molecule has 1 fully saturated rings. The first-order chi connectivity index (χ1) is 2.43. The third-order valence-electron chi connectivity index (χ3n) is 1.27. The molecular formula is C4H9BrZn. The molecule has 0 aliphatic heterocycles. The summed E-state index contributed by atoms with van der Waals surface area (Å²) in [4.78, 5) is 0. The fourth-order valence-corrected chi connectivity index (χ4v) is 2.73. The molecule has 0 N–H and O–H groups in total. The minimum atomic E-state index is 0. The van der Waals surface area contributed by atoms with Crippen LogP contribution in [0.3, 0.4) is 0 Å². The van der Waals surface area contributed by atoms with E-state index in [4.69, 9.17) is 0 Å². The van der Waals surface area contributed by atoms with Crippen LogP contribution in [0.15, 0.2) is 0 Å². The van der Waals surface area contributed by atoms with E-state index in [9.17, 15) is 0 Å². The predicted octanol–water partition coefficient (Wildman–Crippen LogP) is 2.28. The molecule has 0 saturated heterocycles. The number of halogens is 1. The zero-order valence-corrected chi connectivity index (χ0v) is 8.79. The van der Waals surface area contributed by atoms with E-state index in [1.165, 1.54) is 4.51 Å². The van der Waals surface area contributed by atoms with E-state index in [0.717, 1.165) is 0 Å². The Kier molecular flexibility index (Phi) is 3.73. The summed E-state index contributed by atoms with van der Waals surface area (Å²) in [5, 5.41) is 0. The molecule has 1 aliphatic carbocycles. The van der Waals surface area contributed by atoms with Crippen LogP contribution in [0, 0.1) is 0 Å². The summed E-state index contributed by atoms with van der Waals surface area (Å²) >= 11 is 0.125. The number of rotatable bonds is 1. The van der Waals surface area contributed by atoms with Gasteiger partial charge in [-0.3, -0.25) is 0 Å². The molecule has 0 bridgehead atoms. The van der Waals surface area contributed by atoms with Gasteiger partial charge in [-0.1, -0.05) is 0 Å². The van der Waals surface area contributed by atoms with Gasteiger partial charge < -0.3 is 0 Å². The van der Waals surface area contributed by atoms with Crippen LogP contribution in [0.25, 0.3) is 0 Å². The van der Waals surface area contributed by atoms with Crippen molar-refractivity contribution in [3.8, 4) is 0 Å². The van der Waals surface area contributed by atoms with Crippen molar-refractivity contribution in [2.24, 2.45) is 0 Å². The van der Waals surface area contributed by atoms with E-state index in [0.29, 0.717) is 0 Å². The maximum atomic E-state index is 2.45. The molecule has 0 aromatic carbocycles. The molecule has 0 spiro atoms. The van der Waals surface area contributed by atoms with E-state index in [-0.39, 0.29) is 34.1 Å². The molecule has 1 aliphatic rings. The Bertz CT molecular complexity index is 34.5. The second kappa shape index (κ2) is 3.15. The number of hydrogen-bond donors (Lipinski definition) is 0. The summed E-state index contributed by atoms with van der Waals surface area (Å²) in [6.45, 7) is 0. The van der Waals surface area contributed by atoms with Gasteiger partial charge in [0.1, 0.15) is 0 Å². The van der Waals surface area contributed by atoms with Gasteiger partial charge in [-0.2, -0.15) is 0 Å². The van der Waals surface area contributed by atoms with Crippen molar-refractivity contribution in [3.63, 3.8) is 0 Å². The average Bonchev–Trinajstić information content (AvgIpc) is 2.12. The first-order valence-electron chi connectivity index (χ1n) is 2.43. The Labute approximate surface area is 57.1 Å². The van der Waals surface area contributed by atoms with E-state index in [1.807, 2.05) is 0 Å². The molecule has 1 rings (SSSR count). The standard InChI is InChI=1S/C3H5.CH3.BrH.Zn/c1-2-3-1;;;/h1H,2-3H2;1H3;1H;. The molecule has 1 saturated carbocycles. The van der Waals surface area contributed by atoms with Crippen molar-refractivity contribution in [1.82, 2.24) is 0 Å². The van der Waals surface area contributed by atoms with Crippen LogP contribution in [0.1, 0.15) is 12.8 Å². The molecule has 2 heteroatoms. The van der Waals surface area contributed by atoms with Gasteiger partial charge in [0.05, 0.1) is 0 Å². The minimum absolute atomic E-state index is 0. The second-order valence-electron chi connectivity index (χ2n) is 1.85. The molecule has 0 unspecified atom stereocenters. The van der Waals surface area contributed by atoms with Gasteiger partial charge >= 0.3 is 40.0 Å². The molecule has 0 heterocycles. The van der Waals surface area contributed by atoms with Crippen molar-refractivity contribution >= 4 is 17.0 Å². The molecule has 6 heavy (non-hydrogen) atoms. The molecule has 0 nitrogen and oxygen atoms in total. The van der Waals surface area contributed by atoms with E-state index in [2.05, 4.69) is 5.52 Å². The Balaban J connectivity index is 0.000000250. The zero-order chi connectivity index (χ0) is 3.70. The third kappa shape index (κ3) is 2.31. The van der Waals surface area contributed by atoms with E-state index >= 15 is 0 Å². The van der Waals surface area contributed by atoms with Crippen molar-refractivity contribution in [2.45, 2.75) is 22.9 Å². The Hall–Kier alpha value is 1.10. The topological polar surface area (TPSA) is 0 Å². The Morgan fingerprint density at radius 2 is 2.00 bits per heavy atom. The van der Waals surface area contributed by atoms with Gasteiger partial charge in [0.2, 0.25) is 0 Å². The summed E-state index contributed by atoms with van der Waals surface area (Å²) < 4.78 is 1.32.